The Labute approximate surface area is 114 Å². The first-order chi connectivity index (χ1) is 9.25. The summed E-state index contributed by atoms with van der Waals surface area (Å²) in [5, 5.41) is 16.2. The van der Waals surface area contributed by atoms with Crippen LogP contribution in [0, 0.1) is 0 Å². The summed E-state index contributed by atoms with van der Waals surface area (Å²) in [5.74, 6) is -0.647. The van der Waals surface area contributed by atoms with E-state index in [0.29, 0.717) is 5.75 Å². The van der Waals surface area contributed by atoms with Crippen LogP contribution >= 0.6 is 11.3 Å². The summed E-state index contributed by atoms with van der Waals surface area (Å²) in [6, 6.07) is 3.70. The third-order valence-corrected chi connectivity index (χ3v) is 4.09. The van der Waals surface area contributed by atoms with Crippen molar-refractivity contribution in [3.63, 3.8) is 0 Å². The average molecular weight is 278 g/mol. The lowest BCUT2D eigenvalue weighted by atomic mass is 10.3. The largest absolute Gasteiger partial charge is 0.486 e. The van der Waals surface area contributed by atoms with Crippen LogP contribution in [-0.4, -0.2) is 27.0 Å². The molecule has 0 saturated heterocycles. The predicted octanol–water partition coefficient (Wildman–Crippen LogP) is 2.95. The van der Waals surface area contributed by atoms with Crippen molar-refractivity contribution in [1.82, 2.24) is 9.78 Å². The summed E-state index contributed by atoms with van der Waals surface area (Å²) in [4.78, 5) is 11.4. The van der Waals surface area contributed by atoms with Crippen LogP contribution < -0.4 is 4.74 Å². The standard InChI is InChI=1S/C13H14N2O3S/c16-13(17)12-10(18-9-4-1-2-5-9)8-14-15(12)11-6-3-7-19-11/h3,6-9H,1-2,4-5H2,(H,16,17). The Morgan fingerprint density at radius 3 is 2.89 bits per heavy atom. The van der Waals surface area contributed by atoms with Gasteiger partial charge in [-0.05, 0) is 43.2 Å². The molecule has 0 aromatic carbocycles. The Morgan fingerprint density at radius 2 is 2.26 bits per heavy atom. The minimum absolute atomic E-state index is 0.106. The van der Waals surface area contributed by atoms with E-state index in [2.05, 4.69) is 5.10 Å². The Kier molecular flexibility index (Phi) is 3.25. The number of carboxylic acid groups (broad SMARTS) is 1. The number of aromatic nitrogens is 2. The number of hydrogen-bond acceptors (Lipinski definition) is 4. The number of carbonyl (C=O) groups is 1. The maximum absolute atomic E-state index is 11.4. The van der Waals surface area contributed by atoms with E-state index in [1.807, 2.05) is 17.5 Å². The summed E-state index contributed by atoms with van der Waals surface area (Å²) >= 11 is 1.45. The second-order valence-corrected chi connectivity index (χ2v) is 5.48. The molecule has 0 radical (unpaired) electrons. The van der Waals surface area contributed by atoms with Gasteiger partial charge in [0, 0.05) is 0 Å². The van der Waals surface area contributed by atoms with Gasteiger partial charge in [-0.1, -0.05) is 0 Å². The van der Waals surface area contributed by atoms with E-state index in [1.54, 1.807) is 0 Å². The lowest BCUT2D eigenvalue weighted by Crippen LogP contribution is -2.14. The zero-order valence-electron chi connectivity index (χ0n) is 10.3. The maximum Gasteiger partial charge on any atom is 0.358 e. The van der Waals surface area contributed by atoms with E-state index in [0.717, 1.165) is 30.7 Å². The predicted molar refractivity (Wildman–Crippen MR) is 71.3 cm³/mol. The highest BCUT2D eigenvalue weighted by Gasteiger charge is 2.24. The molecular formula is C13H14N2O3S. The summed E-state index contributed by atoms with van der Waals surface area (Å²) in [5.41, 5.74) is 0.106. The van der Waals surface area contributed by atoms with Gasteiger partial charge in [0.25, 0.3) is 0 Å². The van der Waals surface area contributed by atoms with Crippen molar-refractivity contribution in [3.05, 3.63) is 29.4 Å². The van der Waals surface area contributed by atoms with Crippen molar-refractivity contribution in [2.75, 3.05) is 0 Å². The van der Waals surface area contributed by atoms with E-state index in [-0.39, 0.29) is 11.8 Å². The molecule has 5 nitrogen and oxygen atoms in total. The molecule has 19 heavy (non-hydrogen) atoms. The van der Waals surface area contributed by atoms with Gasteiger partial charge in [0.15, 0.2) is 11.4 Å². The summed E-state index contributed by atoms with van der Waals surface area (Å²) < 4.78 is 7.21. The molecule has 1 aliphatic carbocycles. The topological polar surface area (TPSA) is 64.3 Å². The number of carboxylic acids is 1. The fraction of sp³-hybridized carbons (Fsp3) is 0.385. The second kappa shape index (κ2) is 5.05. The van der Waals surface area contributed by atoms with E-state index >= 15 is 0 Å². The Morgan fingerprint density at radius 1 is 1.47 bits per heavy atom. The molecule has 100 valence electrons. The number of rotatable bonds is 4. The molecule has 1 aliphatic rings. The van der Waals surface area contributed by atoms with Crippen molar-refractivity contribution in [3.8, 4) is 10.8 Å². The monoisotopic (exact) mass is 278 g/mol. The fourth-order valence-electron chi connectivity index (χ4n) is 2.36. The van der Waals surface area contributed by atoms with Crippen LogP contribution in [0.15, 0.2) is 23.7 Å². The highest BCUT2D eigenvalue weighted by atomic mass is 32.1. The first-order valence-electron chi connectivity index (χ1n) is 6.27. The minimum Gasteiger partial charge on any atom is -0.486 e. The third kappa shape index (κ3) is 2.35. The van der Waals surface area contributed by atoms with Gasteiger partial charge >= 0.3 is 5.97 Å². The third-order valence-electron chi connectivity index (χ3n) is 3.25. The van der Waals surface area contributed by atoms with Crippen molar-refractivity contribution in [2.24, 2.45) is 0 Å². The van der Waals surface area contributed by atoms with E-state index < -0.39 is 5.97 Å². The van der Waals surface area contributed by atoms with Crippen molar-refractivity contribution >= 4 is 17.3 Å². The number of nitrogens with zero attached hydrogens (tertiary/aromatic N) is 2. The van der Waals surface area contributed by atoms with E-state index in [9.17, 15) is 9.90 Å². The number of hydrogen-bond donors (Lipinski definition) is 1. The lowest BCUT2D eigenvalue weighted by Gasteiger charge is -2.12. The van der Waals surface area contributed by atoms with Gasteiger partial charge in [-0.15, -0.1) is 11.3 Å². The first-order valence-corrected chi connectivity index (χ1v) is 7.15. The smallest absolute Gasteiger partial charge is 0.358 e. The number of thiophene rings is 1. The molecule has 1 N–H and O–H groups in total. The SMILES string of the molecule is O=C(O)c1c(OC2CCCC2)cnn1-c1cccs1. The molecular weight excluding hydrogens is 264 g/mol. The van der Waals surface area contributed by atoms with E-state index in [4.69, 9.17) is 4.74 Å². The van der Waals surface area contributed by atoms with Crippen LogP contribution in [0.1, 0.15) is 36.2 Å². The molecule has 1 fully saturated rings. The normalized spacial score (nSPS) is 15.8. The van der Waals surface area contributed by atoms with Gasteiger partial charge in [-0.3, -0.25) is 0 Å². The Bertz CT molecular complexity index is 571. The summed E-state index contributed by atoms with van der Waals surface area (Å²) in [7, 11) is 0. The van der Waals surface area contributed by atoms with Crippen molar-refractivity contribution in [1.29, 1.82) is 0 Å². The zero-order valence-corrected chi connectivity index (χ0v) is 11.1. The molecule has 2 aromatic heterocycles. The van der Waals surface area contributed by atoms with Gasteiger partial charge < -0.3 is 9.84 Å². The van der Waals surface area contributed by atoms with Crippen LogP contribution in [0.3, 0.4) is 0 Å². The Balaban J connectivity index is 1.94. The number of ether oxygens (including phenoxy) is 1. The van der Waals surface area contributed by atoms with Gasteiger partial charge in [-0.2, -0.15) is 5.10 Å². The molecule has 0 bridgehead atoms. The van der Waals surface area contributed by atoms with Crippen LogP contribution in [0.2, 0.25) is 0 Å². The molecule has 2 aromatic rings. The molecule has 2 heterocycles. The second-order valence-electron chi connectivity index (χ2n) is 4.55. The molecule has 6 heteroatoms. The summed E-state index contributed by atoms with van der Waals surface area (Å²) in [6.45, 7) is 0. The zero-order chi connectivity index (χ0) is 13.2. The maximum atomic E-state index is 11.4. The van der Waals surface area contributed by atoms with Crippen LogP contribution in [0.4, 0.5) is 0 Å². The molecule has 0 aliphatic heterocycles. The van der Waals surface area contributed by atoms with Gasteiger partial charge in [0.2, 0.25) is 0 Å². The average Bonchev–Trinajstić information content (AvgIpc) is 3.09. The highest BCUT2D eigenvalue weighted by Crippen LogP contribution is 2.28. The van der Waals surface area contributed by atoms with Gasteiger partial charge in [-0.25, -0.2) is 9.48 Å². The van der Waals surface area contributed by atoms with Crippen LogP contribution in [0.5, 0.6) is 5.75 Å². The van der Waals surface area contributed by atoms with Gasteiger partial charge in [0.05, 0.1) is 12.3 Å². The molecule has 0 amide bonds. The van der Waals surface area contributed by atoms with Crippen LogP contribution in [-0.2, 0) is 0 Å². The van der Waals surface area contributed by atoms with Crippen LogP contribution in [0.25, 0.3) is 5.00 Å². The fourth-order valence-corrected chi connectivity index (χ4v) is 3.05. The number of aromatic carboxylic acids is 1. The highest BCUT2D eigenvalue weighted by molar-refractivity contribution is 7.12. The van der Waals surface area contributed by atoms with Gasteiger partial charge in [0.1, 0.15) is 5.00 Å². The molecule has 0 spiro atoms. The quantitative estimate of drug-likeness (QED) is 0.933. The lowest BCUT2D eigenvalue weighted by molar-refractivity contribution is 0.0679. The molecule has 3 rings (SSSR count). The molecule has 0 atom stereocenters. The molecule has 1 saturated carbocycles. The van der Waals surface area contributed by atoms with Crippen molar-refractivity contribution in [2.45, 2.75) is 31.8 Å². The summed E-state index contributed by atoms with van der Waals surface area (Å²) in [6.07, 6.45) is 5.89. The first kappa shape index (κ1) is 12.2. The Hall–Kier alpha value is -1.82. The van der Waals surface area contributed by atoms with Crippen molar-refractivity contribution < 1.29 is 14.6 Å². The van der Waals surface area contributed by atoms with E-state index in [1.165, 1.54) is 22.2 Å². The molecule has 0 unspecified atom stereocenters. The minimum atomic E-state index is -1.01.